The van der Waals surface area contributed by atoms with Crippen molar-refractivity contribution in [2.24, 2.45) is 12.2 Å². The van der Waals surface area contributed by atoms with E-state index in [0.29, 0.717) is 10.6 Å². The lowest BCUT2D eigenvalue weighted by atomic mass is 9.95. The average Bonchev–Trinajstić information content (AvgIpc) is 3.15. The zero-order valence-electron chi connectivity index (χ0n) is 18.4. The van der Waals surface area contributed by atoms with Crippen molar-refractivity contribution in [3.63, 3.8) is 0 Å². The van der Waals surface area contributed by atoms with Crippen LogP contribution in [0.3, 0.4) is 0 Å². The van der Waals surface area contributed by atoms with Gasteiger partial charge in [-0.2, -0.15) is 31.7 Å². The summed E-state index contributed by atoms with van der Waals surface area (Å²) in [6, 6.07) is -3.17. The summed E-state index contributed by atoms with van der Waals surface area (Å²) in [5.74, 6) is 0. The first kappa shape index (κ1) is 25.6. The van der Waals surface area contributed by atoms with Crippen LogP contribution in [0.2, 0.25) is 0 Å². The number of nitrogens with zero attached hydrogens (tertiary/aromatic N) is 5. The smallest absolute Gasteiger partial charge is 0.422 e. The number of aromatic nitrogens is 2. The second-order valence-corrected chi connectivity index (χ2v) is 10.8. The molecule has 3 heterocycles. The maximum Gasteiger partial charge on any atom is 0.422 e. The molecule has 0 aliphatic carbocycles. The van der Waals surface area contributed by atoms with E-state index in [2.05, 4.69) is 14.5 Å². The lowest BCUT2D eigenvalue weighted by Crippen LogP contribution is -2.47. The summed E-state index contributed by atoms with van der Waals surface area (Å²) >= 11 is 0. The van der Waals surface area contributed by atoms with Crippen molar-refractivity contribution in [1.29, 1.82) is 0 Å². The first-order valence-corrected chi connectivity index (χ1v) is 12.4. The molecule has 1 aromatic rings. The van der Waals surface area contributed by atoms with Crippen LogP contribution in [0.1, 0.15) is 44.1 Å². The highest BCUT2D eigenvalue weighted by Gasteiger charge is 2.53. The summed E-state index contributed by atoms with van der Waals surface area (Å²) < 4.78 is 70.2. The van der Waals surface area contributed by atoms with Gasteiger partial charge in [0.2, 0.25) is 0 Å². The van der Waals surface area contributed by atoms with Gasteiger partial charge in [-0.05, 0) is 20.8 Å². The Kier molecular flexibility index (Phi) is 6.52. The maximum atomic E-state index is 12.8. The molecule has 0 aromatic carbocycles. The number of hydrogen-bond donors (Lipinski definition) is 4. The number of hydrogen-bond acceptors (Lipinski definition) is 11. The Balaban J connectivity index is 1.85. The molecule has 1 aromatic heterocycles. The van der Waals surface area contributed by atoms with Crippen molar-refractivity contribution >= 4 is 38.4 Å². The van der Waals surface area contributed by atoms with Gasteiger partial charge in [0.1, 0.15) is 23.4 Å². The Morgan fingerprint density at radius 1 is 1.32 bits per heavy atom. The fraction of sp³-hybridized carbons (Fsp3) is 0.600. The van der Waals surface area contributed by atoms with Crippen LogP contribution >= 0.6 is 0 Å². The topological polar surface area (TPSA) is 222 Å². The van der Waals surface area contributed by atoms with E-state index in [9.17, 15) is 31.6 Å². The van der Waals surface area contributed by atoms with Crippen molar-refractivity contribution in [2.45, 2.75) is 38.5 Å². The predicted octanol–water partition coefficient (Wildman–Crippen LogP) is -0.823. The zero-order valence-corrected chi connectivity index (χ0v) is 20.0. The molecule has 0 radical (unpaired) electrons. The molecule has 17 nitrogen and oxygen atoms in total. The summed E-state index contributed by atoms with van der Waals surface area (Å²) in [7, 11) is -8.02. The third-order valence-electron chi connectivity index (χ3n) is 4.71. The van der Waals surface area contributed by atoms with Gasteiger partial charge in [0.05, 0.1) is 25.0 Å². The molecule has 4 N–H and O–H groups in total. The Hall–Kier alpha value is -3.00. The number of ether oxygens (including phenoxy) is 1. The first-order chi connectivity index (χ1) is 15.5. The number of urea groups is 1. The highest BCUT2D eigenvalue weighted by molar-refractivity contribution is 7.88. The van der Waals surface area contributed by atoms with Gasteiger partial charge < -0.3 is 14.8 Å². The number of carbonyl (C=O) groups is 2. The van der Waals surface area contributed by atoms with Crippen LogP contribution < -0.4 is 9.44 Å². The lowest BCUT2D eigenvalue weighted by Gasteiger charge is -2.31. The van der Waals surface area contributed by atoms with Crippen LogP contribution in [0.15, 0.2) is 11.4 Å². The van der Waals surface area contributed by atoms with Crippen LogP contribution in [0.5, 0.6) is 0 Å². The highest BCUT2D eigenvalue weighted by Crippen LogP contribution is 2.44. The highest BCUT2D eigenvalue weighted by atomic mass is 32.3. The van der Waals surface area contributed by atoms with E-state index in [1.165, 1.54) is 38.7 Å². The minimum atomic E-state index is -5.04. The van der Waals surface area contributed by atoms with E-state index in [-0.39, 0.29) is 18.0 Å². The van der Waals surface area contributed by atoms with Crippen molar-refractivity contribution in [1.82, 2.24) is 29.2 Å². The van der Waals surface area contributed by atoms with E-state index in [0.717, 1.165) is 4.90 Å². The molecule has 190 valence electrons. The molecular formula is C15H23N7O10S2. The van der Waals surface area contributed by atoms with Gasteiger partial charge in [0.15, 0.2) is 0 Å². The van der Waals surface area contributed by atoms with Gasteiger partial charge in [-0.3, -0.25) is 9.23 Å². The zero-order chi connectivity index (χ0) is 25.6. The fourth-order valence-corrected chi connectivity index (χ4v) is 4.61. The predicted molar refractivity (Wildman–Crippen MR) is 111 cm³/mol. The minimum absolute atomic E-state index is 0.153. The van der Waals surface area contributed by atoms with Gasteiger partial charge in [-0.1, -0.05) is 5.16 Å². The van der Waals surface area contributed by atoms with Crippen molar-refractivity contribution in [2.75, 3.05) is 13.1 Å². The van der Waals surface area contributed by atoms with Crippen LogP contribution in [0, 0.1) is 0 Å². The molecule has 1 fully saturated rings. The molecule has 2 atom stereocenters. The van der Waals surface area contributed by atoms with Crippen LogP contribution in [0.4, 0.5) is 9.59 Å². The molecule has 1 saturated heterocycles. The SMILES string of the molecule is Cn1ncc2c1C(/C(CNS(=O)(=O)NC(=O)OC(C)(C)C)=N/O)N1CC2N(OS(=O)(=O)O)C1=O. The molecule has 2 aliphatic rings. The maximum absolute atomic E-state index is 12.8. The number of carbonyl (C=O) groups excluding carboxylic acids is 2. The molecule has 2 bridgehead atoms. The van der Waals surface area contributed by atoms with E-state index < -0.39 is 57.0 Å². The number of amides is 3. The van der Waals surface area contributed by atoms with Crippen molar-refractivity contribution in [3.05, 3.63) is 17.5 Å². The quantitative estimate of drug-likeness (QED) is 0.149. The normalized spacial score (nSPS) is 21.0. The molecule has 2 aliphatic heterocycles. The van der Waals surface area contributed by atoms with E-state index in [1.807, 2.05) is 4.72 Å². The second-order valence-electron chi connectivity index (χ2n) is 8.31. The fourth-order valence-electron chi connectivity index (χ4n) is 3.57. The Bertz CT molecular complexity index is 1230. The summed E-state index contributed by atoms with van der Waals surface area (Å²) in [6.45, 7) is 3.78. The van der Waals surface area contributed by atoms with E-state index >= 15 is 0 Å². The molecule has 3 rings (SSSR count). The van der Waals surface area contributed by atoms with E-state index in [4.69, 9.17) is 9.29 Å². The molecule has 0 spiro atoms. The number of aryl methyl sites for hydroxylation is 1. The number of oxime groups is 1. The minimum Gasteiger partial charge on any atom is -0.443 e. The van der Waals surface area contributed by atoms with Gasteiger partial charge in [0, 0.05) is 12.6 Å². The Labute approximate surface area is 194 Å². The third kappa shape index (κ3) is 5.38. The van der Waals surface area contributed by atoms with Crippen molar-refractivity contribution in [3.8, 4) is 0 Å². The van der Waals surface area contributed by atoms with Gasteiger partial charge >= 0.3 is 32.7 Å². The monoisotopic (exact) mass is 525 g/mol. The summed E-state index contributed by atoms with van der Waals surface area (Å²) in [6.07, 6.45) is 0.0802. The molecule has 19 heteroatoms. The van der Waals surface area contributed by atoms with Gasteiger partial charge in [-0.15, -0.1) is 4.28 Å². The number of nitrogens with one attached hydrogen (secondary N) is 2. The second kappa shape index (κ2) is 8.65. The lowest BCUT2D eigenvalue weighted by molar-refractivity contribution is -0.0316. The number of rotatable bonds is 7. The third-order valence-corrected chi connectivity index (χ3v) is 6.02. The molecular weight excluding hydrogens is 502 g/mol. The van der Waals surface area contributed by atoms with E-state index in [1.54, 1.807) is 4.72 Å². The van der Waals surface area contributed by atoms with Crippen LogP contribution in [0.25, 0.3) is 0 Å². The standard InChI is InChI=1S/C15H23N7O10S2/c1-15(2,3)31-13(23)19-33(26,27)17-6-9(18-25)12-11-8(5-16-20(11)4)10-7-21(12)14(24)22(10)32-34(28,29)30/h5,10,12,17,25H,6-7H2,1-4H3,(H,19,23)(H,28,29,30)/b18-9+. The molecule has 3 amide bonds. The molecule has 2 unspecified atom stereocenters. The van der Waals surface area contributed by atoms with Crippen molar-refractivity contribution < 1.29 is 45.2 Å². The summed E-state index contributed by atoms with van der Waals surface area (Å²) in [5.41, 5.74) is -0.662. The molecule has 0 saturated carbocycles. The Morgan fingerprint density at radius 2 is 1.97 bits per heavy atom. The largest absolute Gasteiger partial charge is 0.443 e. The number of hydroxylamine groups is 2. The summed E-state index contributed by atoms with van der Waals surface area (Å²) in [4.78, 5) is 25.6. The number of fused-ring (bicyclic) bond motifs is 4. The average molecular weight is 526 g/mol. The molecule has 34 heavy (non-hydrogen) atoms. The summed E-state index contributed by atoms with van der Waals surface area (Å²) in [5, 5.41) is 17.2. The van der Waals surface area contributed by atoms with Crippen LogP contribution in [-0.4, -0.2) is 82.9 Å². The first-order valence-electron chi connectivity index (χ1n) is 9.53. The van der Waals surface area contributed by atoms with Crippen LogP contribution in [-0.2, 0) is 36.7 Å². The van der Waals surface area contributed by atoms with Gasteiger partial charge in [-0.25, -0.2) is 14.3 Å². The van der Waals surface area contributed by atoms with Gasteiger partial charge in [0.25, 0.3) is 0 Å². The Morgan fingerprint density at radius 3 is 2.53 bits per heavy atom.